The number of nitrogens with one attached hydrogen (secondary N) is 1. The molecule has 3 N–H and O–H groups in total. The third-order valence-corrected chi connectivity index (χ3v) is 4.39. The van der Waals surface area contributed by atoms with Gasteiger partial charge in [0.25, 0.3) is 0 Å². The number of aliphatic hydroxyl groups is 1. The van der Waals surface area contributed by atoms with E-state index < -0.39 is 20.9 Å². The van der Waals surface area contributed by atoms with Gasteiger partial charge in [0.05, 0.1) is 5.56 Å². The molecule has 1 aromatic rings. The van der Waals surface area contributed by atoms with Crippen molar-refractivity contribution in [1.82, 2.24) is 4.72 Å². The average molecular weight is 273 g/mol. The quantitative estimate of drug-likeness (QED) is 0.710. The molecule has 100 valence electrons. The van der Waals surface area contributed by atoms with Crippen molar-refractivity contribution in [2.75, 3.05) is 7.05 Å². The highest BCUT2D eigenvalue weighted by Crippen LogP contribution is 2.19. The second kappa shape index (κ2) is 5.05. The lowest BCUT2D eigenvalue weighted by atomic mass is 10.1. The van der Waals surface area contributed by atoms with Crippen molar-refractivity contribution >= 4 is 16.0 Å². The number of carboxylic acid groups (broad SMARTS) is 1. The third kappa shape index (κ3) is 3.06. The summed E-state index contributed by atoms with van der Waals surface area (Å²) in [6.07, 6.45) is -0.197. The second-order valence-corrected chi connectivity index (χ2v) is 6.36. The highest BCUT2D eigenvalue weighted by Gasteiger charge is 2.35. The summed E-state index contributed by atoms with van der Waals surface area (Å²) in [6, 6.07) is 5.79. The zero-order valence-corrected chi connectivity index (χ0v) is 10.9. The number of carbonyl (C=O) groups is 1. The van der Waals surface area contributed by atoms with Gasteiger partial charge in [0, 0.05) is 6.42 Å². The number of aromatic carboxylic acids is 1. The van der Waals surface area contributed by atoms with Crippen LogP contribution in [-0.2, 0) is 16.4 Å². The van der Waals surface area contributed by atoms with Crippen LogP contribution in [0.15, 0.2) is 24.3 Å². The molecule has 0 aliphatic carbocycles. The van der Waals surface area contributed by atoms with Gasteiger partial charge in [-0.25, -0.2) is 17.9 Å². The molecule has 0 spiro atoms. The van der Waals surface area contributed by atoms with Crippen LogP contribution in [0.5, 0.6) is 0 Å². The van der Waals surface area contributed by atoms with E-state index in [1.54, 1.807) is 6.07 Å². The van der Waals surface area contributed by atoms with Crippen LogP contribution in [0, 0.1) is 0 Å². The molecular weight excluding hydrogens is 258 g/mol. The van der Waals surface area contributed by atoms with Crippen molar-refractivity contribution in [2.45, 2.75) is 18.3 Å². The number of rotatable bonds is 5. The van der Waals surface area contributed by atoms with Gasteiger partial charge in [-0.1, -0.05) is 12.1 Å². The Hall–Kier alpha value is -1.44. The summed E-state index contributed by atoms with van der Waals surface area (Å²) in [4.78, 5) is 8.78. The highest BCUT2D eigenvalue weighted by molar-refractivity contribution is 7.90. The smallest absolute Gasteiger partial charge is 0.335 e. The van der Waals surface area contributed by atoms with Crippen molar-refractivity contribution < 1.29 is 23.4 Å². The van der Waals surface area contributed by atoms with Crippen LogP contribution in [0.3, 0.4) is 0 Å². The lowest BCUT2D eigenvalue weighted by molar-refractivity contribution is 0.0696. The topological polar surface area (TPSA) is 104 Å². The Morgan fingerprint density at radius 2 is 2.06 bits per heavy atom. The summed E-state index contributed by atoms with van der Waals surface area (Å²) in [5, 5.41) is 18.7. The van der Waals surface area contributed by atoms with Gasteiger partial charge in [0.1, 0.15) is 0 Å². The van der Waals surface area contributed by atoms with Crippen molar-refractivity contribution in [2.24, 2.45) is 0 Å². The number of benzene rings is 1. The molecule has 7 heteroatoms. The van der Waals surface area contributed by atoms with Gasteiger partial charge in [-0.15, -0.1) is 0 Å². The summed E-state index contributed by atoms with van der Waals surface area (Å²) < 4.78 is 25.2. The fourth-order valence-electron chi connectivity index (χ4n) is 1.51. The van der Waals surface area contributed by atoms with E-state index >= 15 is 0 Å². The van der Waals surface area contributed by atoms with E-state index in [9.17, 15) is 18.3 Å². The molecule has 18 heavy (non-hydrogen) atoms. The SMILES string of the molecule is CNS(=O)(=O)C(C)(O)Cc1cccc(C(=O)O)c1. The van der Waals surface area contributed by atoms with E-state index in [0.29, 0.717) is 5.56 Å². The Morgan fingerprint density at radius 1 is 1.44 bits per heavy atom. The van der Waals surface area contributed by atoms with Gasteiger partial charge < -0.3 is 10.2 Å². The molecule has 0 aromatic heterocycles. The number of hydrogen-bond donors (Lipinski definition) is 3. The first-order valence-corrected chi connectivity index (χ1v) is 6.65. The molecule has 1 unspecified atom stereocenters. The maximum Gasteiger partial charge on any atom is 0.335 e. The lowest BCUT2D eigenvalue weighted by Gasteiger charge is -2.22. The van der Waals surface area contributed by atoms with E-state index in [1.165, 1.54) is 25.2 Å². The van der Waals surface area contributed by atoms with Gasteiger partial charge in [-0.3, -0.25) is 0 Å². The van der Waals surface area contributed by atoms with E-state index in [4.69, 9.17) is 5.11 Å². The van der Waals surface area contributed by atoms with E-state index in [0.717, 1.165) is 6.92 Å². The fourth-order valence-corrected chi connectivity index (χ4v) is 2.30. The maximum atomic E-state index is 11.6. The fraction of sp³-hybridized carbons (Fsp3) is 0.364. The minimum atomic E-state index is -3.87. The first-order valence-electron chi connectivity index (χ1n) is 5.17. The molecule has 0 bridgehead atoms. The Morgan fingerprint density at radius 3 is 2.56 bits per heavy atom. The van der Waals surface area contributed by atoms with Crippen molar-refractivity contribution in [3.8, 4) is 0 Å². The summed E-state index contributed by atoms with van der Waals surface area (Å²) in [5.41, 5.74) is 0.476. The molecule has 0 aliphatic rings. The molecule has 1 atom stereocenters. The lowest BCUT2D eigenvalue weighted by Crippen LogP contribution is -2.44. The second-order valence-electron chi connectivity index (χ2n) is 4.06. The van der Waals surface area contributed by atoms with Crippen LogP contribution < -0.4 is 4.72 Å². The summed E-state index contributed by atoms with van der Waals surface area (Å²) in [6.45, 7) is 1.16. The molecule has 6 nitrogen and oxygen atoms in total. The number of hydrogen-bond acceptors (Lipinski definition) is 4. The number of sulfonamides is 1. The predicted molar refractivity (Wildman–Crippen MR) is 65.7 cm³/mol. The van der Waals surface area contributed by atoms with E-state index in [1.807, 2.05) is 4.72 Å². The Balaban J connectivity index is 3.05. The molecule has 0 saturated heterocycles. The largest absolute Gasteiger partial charge is 0.478 e. The van der Waals surface area contributed by atoms with Crippen LogP contribution in [0.1, 0.15) is 22.8 Å². The summed E-state index contributed by atoms with van der Waals surface area (Å²) in [5.74, 6) is -1.10. The van der Waals surface area contributed by atoms with Crippen molar-refractivity contribution in [3.05, 3.63) is 35.4 Å². The monoisotopic (exact) mass is 273 g/mol. The molecule has 0 fully saturated rings. The number of carboxylic acids is 1. The third-order valence-electron chi connectivity index (χ3n) is 2.55. The molecule has 0 radical (unpaired) electrons. The summed E-state index contributed by atoms with van der Waals surface area (Å²) >= 11 is 0. The normalized spacial score (nSPS) is 15.1. The van der Waals surface area contributed by atoms with Crippen LogP contribution in [-0.4, -0.2) is 36.6 Å². The van der Waals surface area contributed by atoms with Gasteiger partial charge in [-0.05, 0) is 31.7 Å². The Labute approximate surface area is 105 Å². The maximum absolute atomic E-state index is 11.6. The minimum Gasteiger partial charge on any atom is -0.478 e. The predicted octanol–water partition coefficient (Wildman–Crippen LogP) is 0.185. The molecule has 0 amide bonds. The Kier molecular flexibility index (Phi) is 4.10. The van der Waals surface area contributed by atoms with Gasteiger partial charge >= 0.3 is 5.97 Å². The first kappa shape index (κ1) is 14.6. The van der Waals surface area contributed by atoms with E-state index in [-0.39, 0.29) is 12.0 Å². The molecule has 0 aliphatic heterocycles. The van der Waals surface area contributed by atoms with Crippen molar-refractivity contribution in [3.63, 3.8) is 0 Å². The van der Waals surface area contributed by atoms with Crippen LogP contribution >= 0.6 is 0 Å². The van der Waals surface area contributed by atoms with Crippen LogP contribution in [0.25, 0.3) is 0 Å². The minimum absolute atomic E-state index is 0.0464. The molecule has 1 rings (SSSR count). The van der Waals surface area contributed by atoms with Gasteiger partial charge in [0.2, 0.25) is 10.0 Å². The summed E-state index contributed by atoms with van der Waals surface area (Å²) in [7, 11) is -2.67. The Bertz CT molecular complexity index is 550. The zero-order valence-electron chi connectivity index (χ0n) is 10.0. The average Bonchev–Trinajstić information content (AvgIpc) is 2.28. The van der Waals surface area contributed by atoms with Gasteiger partial charge in [0.15, 0.2) is 4.93 Å². The zero-order chi connectivity index (χ0) is 14.0. The van der Waals surface area contributed by atoms with Crippen molar-refractivity contribution in [1.29, 1.82) is 0 Å². The first-order chi connectivity index (χ1) is 8.19. The molecule has 1 aromatic carbocycles. The van der Waals surface area contributed by atoms with E-state index in [2.05, 4.69) is 0 Å². The highest BCUT2D eigenvalue weighted by atomic mass is 32.2. The van der Waals surface area contributed by atoms with Crippen LogP contribution in [0.2, 0.25) is 0 Å². The molecular formula is C11H15NO5S. The molecule has 0 heterocycles. The van der Waals surface area contributed by atoms with Gasteiger partial charge in [-0.2, -0.15) is 0 Å². The van der Waals surface area contributed by atoms with Crippen LogP contribution in [0.4, 0.5) is 0 Å². The standard InChI is InChI=1S/C11H15NO5S/c1-11(15,18(16,17)12-2)7-8-4-3-5-9(6-8)10(13)14/h3-6,12,15H,7H2,1-2H3,(H,13,14). The molecule has 0 saturated carbocycles.